The second kappa shape index (κ2) is 16.2. The molecule has 2 N–H and O–H groups in total. The highest BCUT2D eigenvalue weighted by Gasteiger charge is 2.06. The monoisotopic (exact) mass is 343 g/mol. The number of rotatable bonds is 8. The minimum absolute atomic E-state index is 0.108. The smallest absolute Gasteiger partial charge is 0.306 e. The van der Waals surface area contributed by atoms with Crippen molar-refractivity contribution in [1.82, 2.24) is 4.98 Å². The molecule has 0 saturated heterocycles. The van der Waals surface area contributed by atoms with Gasteiger partial charge in [0, 0.05) is 18.6 Å². The molecule has 1 rings (SSSR count). The van der Waals surface area contributed by atoms with E-state index in [2.05, 4.69) is 4.98 Å². The van der Waals surface area contributed by atoms with Gasteiger partial charge < -0.3 is 19.7 Å². The maximum absolute atomic E-state index is 11.3. The lowest BCUT2D eigenvalue weighted by molar-refractivity contribution is -0.147. The number of hydrogen-bond donors (Lipinski definition) is 2. The molecule has 24 heavy (non-hydrogen) atoms. The molecule has 0 fully saturated rings. The Hall–Kier alpha value is -1.66. The first-order valence-corrected chi connectivity index (χ1v) is 8.59. The van der Waals surface area contributed by atoms with E-state index in [1.165, 1.54) is 0 Å². The Morgan fingerprint density at radius 1 is 1.08 bits per heavy atom. The van der Waals surface area contributed by atoms with E-state index in [0.29, 0.717) is 36.6 Å². The third kappa shape index (κ3) is 11.8. The summed E-state index contributed by atoms with van der Waals surface area (Å²) in [5.41, 5.74) is 0.872. The van der Waals surface area contributed by atoms with Crippen LogP contribution in [0.1, 0.15) is 65.8 Å². The largest absolute Gasteiger partial charge is 0.493 e. The summed E-state index contributed by atoms with van der Waals surface area (Å²) >= 11 is 0. The molecule has 0 radical (unpaired) electrons. The van der Waals surface area contributed by atoms with Gasteiger partial charge in [0.2, 0.25) is 0 Å². The highest BCUT2D eigenvalue weighted by Crippen LogP contribution is 2.15. The van der Waals surface area contributed by atoms with Crippen LogP contribution in [-0.4, -0.2) is 33.9 Å². The molecule has 0 saturated carbocycles. The van der Waals surface area contributed by atoms with Crippen molar-refractivity contribution in [2.75, 3.05) is 6.61 Å². The maximum atomic E-state index is 11.3. The minimum atomic E-state index is -0.245. The lowest BCUT2D eigenvalue weighted by Gasteiger charge is -2.10. The molecule has 0 amide bonds. The molecular formula is C18H33NO5. The number of carbonyl (C=O) groups excluding carboxylic acids is 1. The van der Waals surface area contributed by atoms with Crippen LogP contribution in [0, 0.1) is 0 Å². The summed E-state index contributed by atoms with van der Waals surface area (Å²) in [6, 6.07) is 3.21. The van der Waals surface area contributed by atoms with Gasteiger partial charge in [0.25, 0.3) is 0 Å². The normalized spacial score (nSPS) is 9.38. The van der Waals surface area contributed by atoms with E-state index < -0.39 is 0 Å². The standard InChI is InChI=1S/C14H21NO5.2C2H6/c1-10(2)20-14(18)4-3-5-19-13-6-11(8-16)15-12(7-13)9-17;2*1-2/h6-7,10,16-17H,3-5,8-9H2,1-2H3;2*1-2H3. The summed E-state index contributed by atoms with van der Waals surface area (Å²) in [5, 5.41) is 18.1. The summed E-state index contributed by atoms with van der Waals surface area (Å²) in [6.07, 6.45) is 0.725. The molecule has 6 heteroatoms. The van der Waals surface area contributed by atoms with E-state index in [1.54, 1.807) is 26.0 Å². The lowest BCUT2D eigenvalue weighted by atomic mass is 10.3. The van der Waals surface area contributed by atoms with E-state index in [0.717, 1.165) is 0 Å². The Kier molecular flexibility index (Phi) is 16.6. The summed E-state index contributed by atoms with van der Waals surface area (Å²) < 4.78 is 10.5. The van der Waals surface area contributed by atoms with Crippen molar-refractivity contribution < 1.29 is 24.5 Å². The van der Waals surface area contributed by atoms with E-state index in [-0.39, 0.29) is 25.3 Å². The Labute approximate surface area is 145 Å². The van der Waals surface area contributed by atoms with Gasteiger partial charge >= 0.3 is 5.97 Å². The SMILES string of the molecule is CC.CC.CC(C)OC(=O)CCCOc1cc(CO)nc(CO)c1. The van der Waals surface area contributed by atoms with Gasteiger partial charge in [-0.05, 0) is 20.3 Å². The van der Waals surface area contributed by atoms with Gasteiger partial charge in [0.05, 0.1) is 37.3 Å². The predicted octanol–water partition coefficient (Wildman–Crippen LogP) is 3.23. The fourth-order valence-electron chi connectivity index (χ4n) is 1.59. The number of nitrogens with zero attached hydrogens (tertiary/aromatic N) is 1. The summed E-state index contributed by atoms with van der Waals surface area (Å²) in [6.45, 7) is 11.5. The molecule has 0 aliphatic rings. The van der Waals surface area contributed by atoms with Crippen molar-refractivity contribution in [3.05, 3.63) is 23.5 Å². The van der Waals surface area contributed by atoms with Gasteiger partial charge in [0.15, 0.2) is 0 Å². The Morgan fingerprint density at radius 3 is 2.00 bits per heavy atom. The number of esters is 1. The van der Waals surface area contributed by atoms with Crippen molar-refractivity contribution >= 4 is 5.97 Å². The molecule has 0 atom stereocenters. The van der Waals surface area contributed by atoms with E-state index in [9.17, 15) is 4.79 Å². The maximum Gasteiger partial charge on any atom is 0.306 e. The van der Waals surface area contributed by atoms with Crippen LogP contribution in [0.5, 0.6) is 5.75 Å². The molecule has 0 aliphatic heterocycles. The lowest BCUT2D eigenvalue weighted by Crippen LogP contribution is -2.12. The van der Waals surface area contributed by atoms with E-state index >= 15 is 0 Å². The van der Waals surface area contributed by atoms with Crippen LogP contribution in [0.25, 0.3) is 0 Å². The van der Waals surface area contributed by atoms with Crippen molar-refractivity contribution in [2.45, 2.75) is 73.7 Å². The topological polar surface area (TPSA) is 88.9 Å². The van der Waals surface area contributed by atoms with Gasteiger partial charge in [0.1, 0.15) is 5.75 Å². The zero-order valence-electron chi connectivity index (χ0n) is 15.8. The average molecular weight is 343 g/mol. The van der Waals surface area contributed by atoms with Gasteiger partial charge in [-0.2, -0.15) is 0 Å². The van der Waals surface area contributed by atoms with Gasteiger partial charge in [-0.3, -0.25) is 9.78 Å². The first-order valence-electron chi connectivity index (χ1n) is 8.59. The van der Waals surface area contributed by atoms with Crippen molar-refractivity contribution in [2.24, 2.45) is 0 Å². The van der Waals surface area contributed by atoms with Gasteiger partial charge in [-0.1, -0.05) is 27.7 Å². The zero-order chi connectivity index (χ0) is 19.0. The van der Waals surface area contributed by atoms with Crippen LogP contribution < -0.4 is 4.74 Å². The van der Waals surface area contributed by atoms with Crippen molar-refractivity contribution in [3.63, 3.8) is 0 Å². The Morgan fingerprint density at radius 2 is 1.58 bits per heavy atom. The predicted molar refractivity (Wildman–Crippen MR) is 94.7 cm³/mol. The second-order valence-electron chi connectivity index (χ2n) is 4.59. The Bertz CT molecular complexity index is 413. The molecule has 1 aromatic rings. The average Bonchev–Trinajstić information content (AvgIpc) is 2.61. The van der Waals surface area contributed by atoms with Gasteiger partial charge in [-0.25, -0.2) is 0 Å². The number of ether oxygens (including phenoxy) is 2. The number of pyridine rings is 1. The molecular weight excluding hydrogens is 310 g/mol. The van der Waals surface area contributed by atoms with Crippen molar-refractivity contribution in [3.8, 4) is 5.75 Å². The van der Waals surface area contributed by atoms with Gasteiger partial charge in [-0.15, -0.1) is 0 Å². The molecule has 0 aliphatic carbocycles. The molecule has 0 aromatic carbocycles. The summed E-state index contributed by atoms with van der Waals surface area (Å²) in [4.78, 5) is 15.3. The van der Waals surface area contributed by atoms with E-state index in [1.807, 2.05) is 27.7 Å². The number of carbonyl (C=O) groups is 1. The first-order chi connectivity index (χ1) is 11.5. The fourth-order valence-corrected chi connectivity index (χ4v) is 1.59. The molecule has 1 aromatic heterocycles. The highest BCUT2D eigenvalue weighted by molar-refractivity contribution is 5.69. The van der Waals surface area contributed by atoms with Crippen LogP contribution in [0.2, 0.25) is 0 Å². The minimum Gasteiger partial charge on any atom is -0.493 e. The number of aromatic nitrogens is 1. The number of aliphatic hydroxyl groups excluding tert-OH is 2. The molecule has 140 valence electrons. The van der Waals surface area contributed by atoms with Crippen LogP contribution in [0.4, 0.5) is 0 Å². The van der Waals surface area contributed by atoms with Crippen LogP contribution >= 0.6 is 0 Å². The summed E-state index contributed by atoms with van der Waals surface area (Å²) in [5.74, 6) is 0.274. The molecule has 6 nitrogen and oxygen atoms in total. The van der Waals surface area contributed by atoms with Crippen LogP contribution in [-0.2, 0) is 22.7 Å². The summed E-state index contributed by atoms with van der Waals surface area (Å²) in [7, 11) is 0. The molecule has 0 bridgehead atoms. The van der Waals surface area contributed by atoms with Crippen LogP contribution in [0.15, 0.2) is 12.1 Å². The third-order valence-electron chi connectivity index (χ3n) is 2.39. The first kappa shape index (κ1) is 24.6. The number of aliphatic hydroxyl groups is 2. The molecule has 1 heterocycles. The van der Waals surface area contributed by atoms with Crippen molar-refractivity contribution in [1.29, 1.82) is 0 Å². The molecule has 0 spiro atoms. The quantitative estimate of drug-likeness (QED) is 0.556. The number of hydrogen-bond acceptors (Lipinski definition) is 6. The van der Waals surface area contributed by atoms with E-state index in [4.69, 9.17) is 19.7 Å². The van der Waals surface area contributed by atoms with Crippen LogP contribution in [0.3, 0.4) is 0 Å². The zero-order valence-corrected chi connectivity index (χ0v) is 15.8. The molecule has 0 unspecified atom stereocenters. The Balaban J connectivity index is 0. The second-order valence-corrected chi connectivity index (χ2v) is 4.59. The third-order valence-corrected chi connectivity index (χ3v) is 2.39. The fraction of sp³-hybridized carbons (Fsp3) is 0.667. The highest BCUT2D eigenvalue weighted by atomic mass is 16.5.